The predicted octanol–water partition coefficient (Wildman–Crippen LogP) is 8.56. The molecule has 0 aromatic rings. The fourth-order valence-corrected chi connectivity index (χ4v) is 5.60. The molecule has 0 amide bonds. The van der Waals surface area contributed by atoms with E-state index in [9.17, 15) is 23.8 Å². The Morgan fingerprint density at radius 3 is 1.60 bits per heavy atom. The van der Waals surface area contributed by atoms with Crippen molar-refractivity contribution in [3.63, 3.8) is 0 Å². The highest BCUT2D eigenvalue weighted by Crippen LogP contribution is 2.43. The van der Waals surface area contributed by atoms with Crippen LogP contribution in [0.15, 0.2) is 12.2 Å². The lowest BCUT2D eigenvalue weighted by Crippen LogP contribution is -2.34. The summed E-state index contributed by atoms with van der Waals surface area (Å²) in [4.78, 5) is 45.6. The second-order valence-electron chi connectivity index (χ2n) is 12.4. The van der Waals surface area contributed by atoms with E-state index in [1.807, 2.05) is 0 Å². The second-order valence-corrected chi connectivity index (χ2v) is 13.8. The number of esters is 2. The zero-order valence-electron chi connectivity index (χ0n) is 29.4. The maximum Gasteiger partial charge on any atom is 0.472 e. The Hall–Kier alpha value is -1.78. The van der Waals surface area contributed by atoms with Crippen LogP contribution < -0.4 is 5.73 Å². The van der Waals surface area contributed by atoms with E-state index >= 15 is 0 Å². The number of ether oxygens (including phenoxy) is 2. The molecule has 3 atom stereocenters. The largest absolute Gasteiger partial charge is 0.480 e. The minimum absolute atomic E-state index is 0.164. The molecule has 0 rings (SSSR count). The van der Waals surface area contributed by atoms with Crippen molar-refractivity contribution in [2.75, 3.05) is 19.8 Å². The van der Waals surface area contributed by atoms with Crippen LogP contribution in [0.5, 0.6) is 0 Å². The highest BCUT2D eigenvalue weighted by Gasteiger charge is 2.28. The molecule has 0 heterocycles. The molecule has 0 saturated heterocycles. The van der Waals surface area contributed by atoms with Gasteiger partial charge in [0.25, 0.3) is 0 Å². The van der Waals surface area contributed by atoms with Gasteiger partial charge in [-0.15, -0.1) is 0 Å². The highest BCUT2D eigenvalue weighted by molar-refractivity contribution is 7.47. The Balaban J connectivity index is 4.47. The topological polar surface area (TPSA) is 172 Å². The third-order valence-corrected chi connectivity index (χ3v) is 8.71. The molecular formula is C35H66NO10P. The average molecular weight is 692 g/mol. The number of aliphatic carboxylic acids is 1. The first-order chi connectivity index (χ1) is 22.6. The summed E-state index contributed by atoms with van der Waals surface area (Å²) < 4.78 is 32.5. The normalized spacial score (nSPS) is 14.1. The van der Waals surface area contributed by atoms with Gasteiger partial charge in [0, 0.05) is 12.8 Å². The molecular weight excluding hydrogens is 625 g/mol. The maximum atomic E-state index is 12.5. The molecule has 0 aliphatic heterocycles. The Morgan fingerprint density at radius 2 is 1.06 bits per heavy atom. The minimum atomic E-state index is -4.70. The Labute approximate surface area is 284 Å². The molecule has 4 N–H and O–H groups in total. The Morgan fingerprint density at radius 1 is 0.638 bits per heavy atom. The van der Waals surface area contributed by atoms with Crippen molar-refractivity contribution in [2.24, 2.45) is 5.73 Å². The van der Waals surface area contributed by atoms with Crippen molar-refractivity contribution in [3.05, 3.63) is 12.2 Å². The molecule has 0 aliphatic carbocycles. The van der Waals surface area contributed by atoms with Gasteiger partial charge < -0.3 is 25.2 Å². The van der Waals surface area contributed by atoms with Gasteiger partial charge in [-0.25, -0.2) is 4.57 Å². The number of carbonyl (C=O) groups is 3. The molecule has 0 spiro atoms. The SMILES string of the molecule is CCCCC/C=C/CCCCCCCC(=O)OC[C@H](COP(=O)(O)OC[C@H](N)C(=O)O)OC(=O)CCCCCCCCCCCCC. The quantitative estimate of drug-likeness (QED) is 0.0255. The van der Waals surface area contributed by atoms with Crippen LogP contribution in [-0.4, -0.2) is 59.9 Å². The van der Waals surface area contributed by atoms with E-state index in [-0.39, 0.29) is 19.4 Å². The van der Waals surface area contributed by atoms with Gasteiger partial charge in [-0.1, -0.05) is 122 Å². The van der Waals surface area contributed by atoms with Crippen LogP contribution in [-0.2, 0) is 37.5 Å². The number of unbranched alkanes of at least 4 members (excludes halogenated alkanes) is 18. The summed E-state index contributed by atoms with van der Waals surface area (Å²) in [6, 6.07) is -1.52. The third kappa shape index (κ3) is 31.3. The standard InChI is InChI=1S/C35H66NO10P/c1-3-5-7-9-11-13-15-17-18-20-22-24-26-33(37)43-28-31(29-44-47(41,42)45-30-32(36)35(39)40)46-34(38)27-25-23-21-19-16-14-12-10-8-6-4-2/h11,13,31-32H,3-10,12,14-30,36H2,1-2H3,(H,39,40)(H,41,42)/b13-11+/t31-,32+/m1/s1. The second kappa shape index (κ2) is 31.5. The molecule has 1 unspecified atom stereocenters. The Kier molecular flexibility index (Phi) is 30.3. The molecule has 0 bridgehead atoms. The van der Waals surface area contributed by atoms with Crippen molar-refractivity contribution in [2.45, 2.75) is 174 Å². The fraction of sp³-hybridized carbons (Fsp3) is 0.857. The molecule has 0 fully saturated rings. The van der Waals surface area contributed by atoms with Crippen LogP contribution in [0.3, 0.4) is 0 Å². The lowest BCUT2D eigenvalue weighted by molar-refractivity contribution is -0.161. The van der Waals surface area contributed by atoms with Gasteiger partial charge in [0.15, 0.2) is 6.10 Å². The first-order valence-corrected chi connectivity index (χ1v) is 19.7. The van der Waals surface area contributed by atoms with E-state index in [4.69, 9.17) is 24.8 Å². The van der Waals surface area contributed by atoms with Crippen molar-refractivity contribution in [1.29, 1.82) is 0 Å². The van der Waals surface area contributed by atoms with E-state index in [0.29, 0.717) is 12.8 Å². The van der Waals surface area contributed by atoms with E-state index in [1.165, 1.54) is 64.2 Å². The van der Waals surface area contributed by atoms with Gasteiger partial charge in [-0.3, -0.25) is 23.4 Å². The molecule has 0 aliphatic rings. The highest BCUT2D eigenvalue weighted by atomic mass is 31.2. The number of carboxylic acids is 1. The van der Waals surface area contributed by atoms with Crippen LogP contribution >= 0.6 is 7.82 Å². The number of hydrogen-bond acceptors (Lipinski definition) is 9. The molecule has 0 aromatic carbocycles. The average Bonchev–Trinajstić information content (AvgIpc) is 3.04. The number of carbonyl (C=O) groups excluding carboxylic acids is 2. The summed E-state index contributed by atoms with van der Waals surface area (Å²) in [6.45, 7) is 2.74. The number of allylic oxidation sites excluding steroid dienone is 2. The fourth-order valence-electron chi connectivity index (χ4n) is 4.82. The summed E-state index contributed by atoms with van der Waals surface area (Å²) in [6.07, 6.45) is 27.1. The van der Waals surface area contributed by atoms with Gasteiger partial charge in [-0.05, 0) is 38.5 Å². The number of phosphoric ester groups is 1. The van der Waals surface area contributed by atoms with E-state index in [2.05, 4.69) is 30.5 Å². The summed E-state index contributed by atoms with van der Waals surface area (Å²) in [5, 5.41) is 8.84. The molecule has 0 aromatic heterocycles. The summed E-state index contributed by atoms with van der Waals surface area (Å²) in [7, 11) is -4.70. The summed E-state index contributed by atoms with van der Waals surface area (Å²) >= 11 is 0. The van der Waals surface area contributed by atoms with Crippen molar-refractivity contribution in [1.82, 2.24) is 0 Å². The van der Waals surface area contributed by atoms with Gasteiger partial charge in [0.05, 0.1) is 13.2 Å². The number of nitrogens with two attached hydrogens (primary N) is 1. The monoisotopic (exact) mass is 691 g/mol. The van der Waals surface area contributed by atoms with Crippen molar-refractivity contribution < 1.29 is 47.5 Å². The Bertz CT molecular complexity index is 869. The summed E-state index contributed by atoms with van der Waals surface area (Å²) in [5.41, 5.74) is 5.30. The lowest BCUT2D eigenvalue weighted by Gasteiger charge is -2.20. The zero-order valence-corrected chi connectivity index (χ0v) is 30.3. The molecule has 0 saturated carbocycles. The number of phosphoric acid groups is 1. The third-order valence-electron chi connectivity index (χ3n) is 7.76. The molecule has 11 nitrogen and oxygen atoms in total. The van der Waals surface area contributed by atoms with Gasteiger partial charge in [0.1, 0.15) is 12.6 Å². The molecule has 12 heteroatoms. The molecule has 276 valence electrons. The van der Waals surface area contributed by atoms with Crippen LogP contribution in [0.4, 0.5) is 0 Å². The first-order valence-electron chi connectivity index (χ1n) is 18.2. The van der Waals surface area contributed by atoms with E-state index < -0.39 is 51.1 Å². The first kappa shape index (κ1) is 45.2. The van der Waals surface area contributed by atoms with Crippen LogP contribution in [0.2, 0.25) is 0 Å². The van der Waals surface area contributed by atoms with Gasteiger partial charge >= 0.3 is 25.7 Å². The minimum Gasteiger partial charge on any atom is -0.480 e. The number of carboxylic acid groups (broad SMARTS) is 1. The van der Waals surface area contributed by atoms with Crippen molar-refractivity contribution >= 4 is 25.7 Å². The maximum absolute atomic E-state index is 12.5. The number of rotatable bonds is 34. The van der Waals surface area contributed by atoms with E-state index in [0.717, 1.165) is 57.8 Å². The molecule has 47 heavy (non-hydrogen) atoms. The lowest BCUT2D eigenvalue weighted by atomic mass is 10.1. The van der Waals surface area contributed by atoms with Crippen LogP contribution in [0.25, 0.3) is 0 Å². The predicted molar refractivity (Wildman–Crippen MR) is 185 cm³/mol. The molecule has 0 radical (unpaired) electrons. The van der Waals surface area contributed by atoms with E-state index in [1.54, 1.807) is 0 Å². The zero-order chi connectivity index (χ0) is 35.0. The summed E-state index contributed by atoms with van der Waals surface area (Å²) in [5.74, 6) is -2.39. The van der Waals surface area contributed by atoms with Gasteiger partial charge in [0.2, 0.25) is 0 Å². The number of hydrogen-bond donors (Lipinski definition) is 3. The van der Waals surface area contributed by atoms with Crippen molar-refractivity contribution in [3.8, 4) is 0 Å². The van der Waals surface area contributed by atoms with Crippen LogP contribution in [0.1, 0.15) is 162 Å². The van der Waals surface area contributed by atoms with Gasteiger partial charge in [-0.2, -0.15) is 0 Å². The van der Waals surface area contributed by atoms with Crippen LogP contribution in [0, 0.1) is 0 Å². The smallest absolute Gasteiger partial charge is 0.472 e.